The second-order valence-electron chi connectivity index (χ2n) is 10.2. The molecule has 206 valence electrons. The number of rotatable bonds is 6. The van der Waals surface area contributed by atoms with E-state index in [4.69, 9.17) is 14.5 Å². The number of fused-ring (bicyclic) bond motifs is 3. The molecule has 0 bridgehead atoms. The average molecular weight is 563 g/mol. The van der Waals surface area contributed by atoms with Crippen LogP contribution in [0.3, 0.4) is 0 Å². The van der Waals surface area contributed by atoms with Crippen molar-refractivity contribution in [3.8, 4) is 5.75 Å². The first-order valence-corrected chi connectivity index (χ1v) is 14.5. The van der Waals surface area contributed by atoms with Crippen LogP contribution in [-0.4, -0.2) is 23.2 Å². The van der Waals surface area contributed by atoms with Gasteiger partial charge in [0.2, 0.25) is 0 Å². The lowest BCUT2D eigenvalue weighted by molar-refractivity contribution is -0.139. The number of nitrogens with zero attached hydrogens (tertiary/aromatic N) is 2. The summed E-state index contributed by atoms with van der Waals surface area (Å²) in [5.74, 6) is 0.117. The normalized spacial score (nSPS) is 15.3. The Morgan fingerprint density at radius 3 is 2.29 bits per heavy atom. The molecule has 5 aromatic rings. The van der Waals surface area contributed by atoms with E-state index in [2.05, 4.69) is 30.3 Å². The minimum atomic E-state index is -0.744. The zero-order chi connectivity index (χ0) is 28.7. The predicted molar refractivity (Wildman–Crippen MR) is 164 cm³/mol. The molecule has 2 heterocycles. The van der Waals surface area contributed by atoms with Gasteiger partial charge in [-0.2, -0.15) is 0 Å². The number of ether oxygens (including phenoxy) is 2. The van der Waals surface area contributed by atoms with E-state index in [1.54, 1.807) is 18.4 Å². The standard InChI is InChI=1S/C34H30N2O4S/c1-5-39-33(38)30-21(4)35-34-36(31(30)26-16-10-11-17-28(26)40-20(2)3)32(37)29(41-34)19-27-24-14-8-6-12-22(24)18-23-13-7-9-15-25(23)27/h6-20,31H,5H2,1-4H3/b29-19-/t31-/m1/s1. The molecule has 7 heteroatoms. The smallest absolute Gasteiger partial charge is 0.338 e. The van der Waals surface area contributed by atoms with E-state index < -0.39 is 12.0 Å². The van der Waals surface area contributed by atoms with E-state index in [0.29, 0.717) is 31.9 Å². The fourth-order valence-electron chi connectivity index (χ4n) is 5.49. The molecule has 0 aliphatic carbocycles. The third-order valence-electron chi connectivity index (χ3n) is 7.18. The topological polar surface area (TPSA) is 69.9 Å². The largest absolute Gasteiger partial charge is 0.491 e. The summed E-state index contributed by atoms with van der Waals surface area (Å²) >= 11 is 1.32. The van der Waals surface area contributed by atoms with Gasteiger partial charge >= 0.3 is 5.97 Å². The molecule has 0 unspecified atom stereocenters. The van der Waals surface area contributed by atoms with Gasteiger partial charge < -0.3 is 9.47 Å². The van der Waals surface area contributed by atoms with Gasteiger partial charge in [-0.1, -0.05) is 78.1 Å². The number of hydrogen-bond acceptors (Lipinski definition) is 6. The van der Waals surface area contributed by atoms with E-state index in [-0.39, 0.29) is 18.3 Å². The Kier molecular flexibility index (Phi) is 7.05. The van der Waals surface area contributed by atoms with Gasteiger partial charge in [0.15, 0.2) is 4.80 Å². The van der Waals surface area contributed by atoms with Crippen molar-refractivity contribution >= 4 is 44.9 Å². The number of para-hydroxylation sites is 1. The van der Waals surface area contributed by atoms with Crippen LogP contribution in [-0.2, 0) is 9.53 Å². The van der Waals surface area contributed by atoms with Gasteiger partial charge in [0.25, 0.3) is 5.56 Å². The minimum Gasteiger partial charge on any atom is -0.491 e. The molecule has 0 saturated carbocycles. The van der Waals surface area contributed by atoms with E-state index in [1.807, 2.05) is 68.5 Å². The van der Waals surface area contributed by atoms with Crippen molar-refractivity contribution in [1.82, 2.24) is 4.57 Å². The molecule has 6 nitrogen and oxygen atoms in total. The lowest BCUT2D eigenvalue weighted by Crippen LogP contribution is -2.40. The zero-order valence-corrected chi connectivity index (χ0v) is 24.2. The van der Waals surface area contributed by atoms with Crippen molar-refractivity contribution in [1.29, 1.82) is 0 Å². The number of carbonyl (C=O) groups excluding carboxylic acids is 1. The van der Waals surface area contributed by atoms with Crippen LogP contribution >= 0.6 is 11.3 Å². The summed E-state index contributed by atoms with van der Waals surface area (Å²) in [6.07, 6.45) is 1.87. The Balaban J connectivity index is 1.65. The van der Waals surface area contributed by atoms with E-state index in [1.165, 1.54) is 11.3 Å². The average Bonchev–Trinajstić information content (AvgIpc) is 3.26. The molecule has 0 saturated heterocycles. The van der Waals surface area contributed by atoms with Gasteiger partial charge in [-0.15, -0.1) is 0 Å². The van der Waals surface area contributed by atoms with Crippen LogP contribution in [0, 0.1) is 0 Å². The number of aromatic nitrogens is 1. The summed E-state index contributed by atoms with van der Waals surface area (Å²) in [5.41, 5.74) is 2.33. The molecule has 0 fully saturated rings. The quantitative estimate of drug-likeness (QED) is 0.191. The van der Waals surface area contributed by atoms with Crippen molar-refractivity contribution in [2.45, 2.75) is 39.8 Å². The van der Waals surface area contributed by atoms with Gasteiger partial charge in [-0.3, -0.25) is 9.36 Å². The summed E-state index contributed by atoms with van der Waals surface area (Å²) in [7, 11) is 0. The number of carbonyl (C=O) groups is 1. The molecule has 1 atom stereocenters. The van der Waals surface area contributed by atoms with Gasteiger partial charge in [0.05, 0.1) is 28.5 Å². The fourth-order valence-corrected chi connectivity index (χ4v) is 6.52. The van der Waals surface area contributed by atoms with Crippen LogP contribution in [0.5, 0.6) is 5.75 Å². The van der Waals surface area contributed by atoms with Gasteiger partial charge in [-0.05, 0) is 73.0 Å². The fraction of sp³-hybridized carbons (Fsp3) is 0.206. The first-order valence-electron chi connectivity index (χ1n) is 13.7. The van der Waals surface area contributed by atoms with Gasteiger partial charge in [0, 0.05) is 5.56 Å². The highest BCUT2D eigenvalue weighted by Crippen LogP contribution is 2.36. The summed E-state index contributed by atoms with van der Waals surface area (Å²) in [5, 5.41) is 4.33. The van der Waals surface area contributed by atoms with Gasteiger partial charge in [-0.25, -0.2) is 9.79 Å². The molecule has 1 aromatic heterocycles. The lowest BCUT2D eigenvalue weighted by Gasteiger charge is -2.26. The predicted octanol–water partition coefficient (Wildman–Crippen LogP) is 5.89. The Hall–Kier alpha value is -4.49. The van der Waals surface area contributed by atoms with Crippen LogP contribution in [0.1, 0.15) is 44.9 Å². The van der Waals surface area contributed by atoms with Crippen molar-refractivity contribution in [3.05, 3.63) is 121 Å². The third-order valence-corrected chi connectivity index (χ3v) is 8.16. The van der Waals surface area contributed by atoms with Gasteiger partial charge in [0.1, 0.15) is 11.8 Å². The summed E-state index contributed by atoms with van der Waals surface area (Å²) in [6.45, 7) is 7.67. The van der Waals surface area contributed by atoms with E-state index in [0.717, 1.165) is 27.1 Å². The summed E-state index contributed by atoms with van der Waals surface area (Å²) < 4.78 is 13.8. The second kappa shape index (κ2) is 10.8. The van der Waals surface area contributed by atoms with Crippen LogP contribution in [0.25, 0.3) is 27.6 Å². The number of benzene rings is 4. The first-order chi connectivity index (χ1) is 19.9. The molecule has 4 aromatic carbocycles. The van der Waals surface area contributed by atoms with Crippen molar-refractivity contribution in [2.24, 2.45) is 4.99 Å². The molecule has 0 spiro atoms. The number of hydrogen-bond donors (Lipinski definition) is 0. The van der Waals surface area contributed by atoms with Crippen molar-refractivity contribution in [3.63, 3.8) is 0 Å². The molecule has 1 aliphatic heterocycles. The van der Waals surface area contributed by atoms with Crippen LogP contribution in [0.15, 0.2) is 99.9 Å². The highest BCUT2D eigenvalue weighted by atomic mass is 32.1. The number of thiazole rings is 1. The Morgan fingerprint density at radius 1 is 1.00 bits per heavy atom. The number of allylic oxidation sites excluding steroid dienone is 1. The minimum absolute atomic E-state index is 0.0947. The highest BCUT2D eigenvalue weighted by molar-refractivity contribution is 7.07. The molecule has 6 rings (SSSR count). The summed E-state index contributed by atoms with van der Waals surface area (Å²) in [6, 6.07) is 25.4. The Labute approximate surface area is 241 Å². The van der Waals surface area contributed by atoms with Crippen LogP contribution < -0.4 is 19.6 Å². The SMILES string of the molecule is CCOC(=O)C1=C(C)N=c2s/c(=C\c3c4ccccc4cc4ccccc34)c(=O)n2[C@@H]1c1ccccc1OC(C)C. The molecule has 0 amide bonds. The van der Waals surface area contributed by atoms with Crippen LogP contribution in [0.4, 0.5) is 0 Å². The molecule has 1 aliphatic rings. The number of esters is 1. The molecule has 0 radical (unpaired) electrons. The maximum Gasteiger partial charge on any atom is 0.338 e. The lowest BCUT2D eigenvalue weighted by atomic mass is 9.95. The van der Waals surface area contributed by atoms with Crippen molar-refractivity contribution < 1.29 is 14.3 Å². The molecular weight excluding hydrogens is 532 g/mol. The third kappa shape index (κ3) is 4.76. The highest BCUT2D eigenvalue weighted by Gasteiger charge is 2.35. The molecule has 0 N–H and O–H groups in total. The maximum absolute atomic E-state index is 14.3. The summed E-state index contributed by atoms with van der Waals surface area (Å²) in [4.78, 5) is 32.9. The maximum atomic E-state index is 14.3. The van der Waals surface area contributed by atoms with Crippen LogP contribution in [0.2, 0.25) is 0 Å². The monoisotopic (exact) mass is 562 g/mol. The van der Waals surface area contributed by atoms with E-state index in [9.17, 15) is 9.59 Å². The Morgan fingerprint density at radius 2 is 1.63 bits per heavy atom. The first kappa shape index (κ1) is 26.7. The second-order valence-corrected chi connectivity index (χ2v) is 11.2. The van der Waals surface area contributed by atoms with Crippen molar-refractivity contribution in [2.75, 3.05) is 6.61 Å². The molecular formula is C34H30N2O4S. The van der Waals surface area contributed by atoms with E-state index >= 15 is 0 Å². The zero-order valence-electron chi connectivity index (χ0n) is 23.4. The Bertz CT molecular complexity index is 1980. The molecule has 41 heavy (non-hydrogen) atoms.